The first-order valence-electron chi connectivity index (χ1n) is 6.56. The summed E-state index contributed by atoms with van der Waals surface area (Å²) in [4.78, 5) is 11.8. The van der Waals surface area contributed by atoms with Gasteiger partial charge < -0.3 is 11.1 Å². The average molecular weight is 248 g/mol. The van der Waals surface area contributed by atoms with Crippen molar-refractivity contribution in [3.05, 3.63) is 35.9 Å². The predicted octanol–water partition coefficient (Wildman–Crippen LogP) is 2.77. The molecule has 1 aromatic rings. The smallest absolute Gasteiger partial charge is 0.220 e. The maximum atomic E-state index is 11.8. The second-order valence-electron chi connectivity index (χ2n) is 5.34. The molecule has 1 rings (SSSR count). The van der Waals surface area contributed by atoms with Gasteiger partial charge in [-0.15, -0.1) is 0 Å². The summed E-state index contributed by atoms with van der Waals surface area (Å²) in [5.74, 6) is 0.0771. The van der Waals surface area contributed by atoms with E-state index in [1.807, 2.05) is 44.2 Å². The first-order valence-corrected chi connectivity index (χ1v) is 6.56. The Morgan fingerprint density at radius 1 is 1.33 bits per heavy atom. The van der Waals surface area contributed by atoms with E-state index in [9.17, 15) is 4.79 Å². The van der Waals surface area contributed by atoms with Gasteiger partial charge in [0.25, 0.3) is 0 Å². The number of carbonyl (C=O) groups is 1. The molecule has 1 amide bonds. The highest BCUT2D eigenvalue weighted by atomic mass is 16.1. The highest BCUT2D eigenvalue weighted by molar-refractivity contribution is 5.76. The van der Waals surface area contributed by atoms with E-state index in [4.69, 9.17) is 5.73 Å². The molecular weight excluding hydrogens is 224 g/mol. The van der Waals surface area contributed by atoms with Crippen LogP contribution in [-0.4, -0.2) is 11.4 Å². The minimum absolute atomic E-state index is 0.0679. The summed E-state index contributed by atoms with van der Waals surface area (Å²) >= 11 is 0. The molecule has 0 saturated carbocycles. The van der Waals surface area contributed by atoms with Crippen LogP contribution in [0.2, 0.25) is 0 Å². The van der Waals surface area contributed by atoms with Crippen molar-refractivity contribution in [3.63, 3.8) is 0 Å². The summed E-state index contributed by atoms with van der Waals surface area (Å²) in [7, 11) is 0. The molecule has 0 saturated heterocycles. The average Bonchev–Trinajstić information content (AvgIpc) is 2.36. The lowest BCUT2D eigenvalue weighted by Crippen LogP contribution is -2.42. The van der Waals surface area contributed by atoms with E-state index in [0.717, 1.165) is 12.0 Å². The number of benzene rings is 1. The van der Waals surface area contributed by atoms with E-state index in [-0.39, 0.29) is 17.5 Å². The van der Waals surface area contributed by atoms with E-state index in [0.29, 0.717) is 12.8 Å². The van der Waals surface area contributed by atoms with Crippen LogP contribution in [0.1, 0.15) is 51.6 Å². The summed E-state index contributed by atoms with van der Waals surface area (Å²) in [6, 6.07) is 9.83. The highest BCUT2D eigenvalue weighted by Crippen LogP contribution is 2.15. The fourth-order valence-electron chi connectivity index (χ4n) is 1.68. The van der Waals surface area contributed by atoms with E-state index >= 15 is 0 Å². The van der Waals surface area contributed by atoms with Crippen molar-refractivity contribution in [2.75, 3.05) is 0 Å². The SMILES string of the molecule is CCC(C)(C)NC(=O)CCC(N)c1ccccc1. The van der Waals surface area contributed by atoms with Gasteiger partial charge in [0.2, 0.25) is 5.91 Å². The van der Waals surface area contributed by atoms with Gasteiger partial charge in [0, 0.05) is 18.0 Å². The van der Waals surface area contributed by atoms with Crippen LogP contribution in [0.4, 0.5) is 0 Å². The largest absolute Gasteiger partial charge is 0.351 e. The number of hydrogen-bond acceptors (Lipinski definition) is 2. The van der Waals surface area contributed by atoms with Gasteiger partial charge >= 0.3 is 0 Å². The van der Waals surface area contributed by atoms with Gasteiger partial charge in [-0.25, -0.2) is 0 Å². The molecule has 0 heterocycles. The Morgan fingerprint density at radius 3 is 2.50 bits per heavy atom. The molecule has 1 unspecified atom stereocenters. The number of hydrogen-bond donors (Lipinski definition) is 2. The summed E-state index contributed by atoms with van der Waals surface area (Å²) in [5.41, 5.74) is 7.01. The van der Waals surface area contributed by atoms with Crippen LogP contribution in [0.15, 0.2) is 30.3 Å². The van der Waals surface area contributed by atoms with Crippen LogP contribution in [0.5, 0.6) is 0 Å². The number of amides is 1. The van der Waals surface area contributed by atoms with E-state index < -0.39 is 0 Å². The second-order valence-corrected chi connectivity index (χ2v) is 5.34. The highest BCUT2D eigenvalue weighted by Gasteiger charge is 2.18. The summed E-state index contributed by atoms with van der Waals surface area (Å²) in [5, 5.41) is 3.02. The normalized spacial score (nSPS) is 13.1. The topological polar surface area (TPSA) is 55.1 Å². The molecule has 0 bridgehead atoms. The summed E-state index contributed by atoms with van der Waals surface area (Å²) in [6.45, 7) is 6.13. The van der Waals surface area contributed by atoms with E-state index in [1.165, 1.54) is 0 Å². The van der Waals surface area contributed by atoms with Gasteiger partial charge in [-0.2, -0.15) is 0 Å². The van der Waals surface area contributed by atoms with E-state index in [2.05, 4.69) is 12.2 Å². The Hall–Kier alpha value is -1.35. The molecule has 100 valence electrons. The van der Waals surface area contributed by atoms with Crippen molar-refractivity contribution < 1.29 is 4.79 Å². The molecule has 0 aliphatic heterocycles. The lowest BCUT2D eigenvalue weighted by Gasteiger charge is -2.24. The van der Waals surface area contributed by atoms with Crippen LogP contribution >= 0.6 is 0 Å². The number of carbonyl (C=O) groups excluding carboxylic acids is 1. The third kappa shape index (κ3) is 4.88. The van der Waals surface area contributed by atoms with E-state index in [1.54, 1.807) is 0 Å². The molecule has 0 aliphatic rings. The number of nitrogens with two attached hydrogens (primary N) is 1. The first kappa shape index (κ1) is 14.7. The maximum Gasteiger partial charge on any atom is 0.220 e. The third-order valence-electron chi connectivity index (χ3n) is 3.27. The molecule has 3 N–H and O–H groups in total. The molecular formula is C15H24N2O. The van der Waals surface area contributed by atoms with Crippen molar-refractivity contribution >= 4 is 5.91 Å². The lowest BCUT2D eigenvalue weighted by molar-refractivity contribution is -0.122. The van der Waals surface area contributed by atoms with Gasteiger partial charge in [0.05, 0.1) is 0 Å². The Labute approximate surface area is 110 Å². The van der Waals surface area contributed by atoms with Crippen LogP contribution < -0.4 is 11.1 Å². The van der Waals surface area contributed by atoms with Gasteiger partial charge in [-0.3, -0.25) is 4.79 Å². The Balaban J connectivity index is 2.39. The van der Waals surface area contributed by atoms with Crippen molar-refractivity contribution in [2.24, 2.45) is 5.73 Å². The fraction of sp³-hybridized carbons (Fsp3) is 0.533. The minimum Gasteiger partial charge on any atom is -0.351 e. The van der Waals surface area contributed by atoms with Crippen molar-refractivity contribution in [3.8, 4) is 0 Å². The Morgan fingerprint density at radius 2 is 1.94 bits per heavy atom. The van der Waals surface area contributed by atoms with Crippen molar-refractivity contribution in [2.45, 2.75) is 51.6 Å². The van der Waals surface area contributed by atoms with Gasteiger partial charge in [0.1, 0.15) is 0 Å². The van der Waals surface area contributed by atoms with Crippen LogP contribution in [0.3, 0.4) is 0 Å². The van der Waals surface area contributed by atoms with Crippen LogP contribution in [-0.2, 0) is 4.79 Å². The standard InChI is InChI=1S/C15H24N2O/c1-4-15(2,3)17-14(18)11-10-13(16)12-8-6-5-7-9-12/h5-9,13H,4,10-11,16H2,1-3H3,(H,17,18). The molecule has 1 aromatic carbocycles. The molecule has 1 atom stereocenters. The van der Waals surface area contributed by atoms with Crippen LogP contribution in [0.25, 0.3) is 0 Å². The molecule has 3 nitrogen and oxygen atoms in total. The molecule has 0 radical (unpaired) electrons. The quantitative estimate of drug-likeness (QED) is 0.813. The maximum absolute atomic E-state index is 11.8. The summed E-state index contributed by atoms with van der Waals surface area (Å²) in [6.07, 6.45) is 2.07. The monoisotopic (exact) mass is 248 g/mol. The van der Waals surface area contributed by atoms with Gasteiger partial charge in [-0.05, 0) is 32.3 Å². The first-order chi connectivity index (χ1) is 8.44. The number of nitrogens with one attached hydrogen (secondary N) is 1. The number of rotatable bonds is 6. The Kier molecular flexibility index (Phi) is 5.35. The zero-order chi connectivity index (χ0) is 13.6. The zero-order valence-corrected chi connectivity index (χ0v) is 11.6. The fourth-order valence-corrected chi connectivity index (χ4v) is 1.68. The lowest BCUT2D eigenvalue weighted by atomic mass is 10.00. The molecule has 18 heavy (non-hydrogen) atoms. The molecule has 0 aromatic heterocycles. The van der Waals surface area contributed by atoms with Gasteiger partial charge in [-0.1, -0.05) is 37.3 Å². The molecule has 0 spiro atoms. The van der Waals surface area contributed by atoms with Gasteiger partial charge in [0.15, 0.2) is 0 Å². The van der Waals surface area contributed by atoms with Crippen molar-refractivity contribution in [1.82, 2.24) is 5.32 Å². The second kappa shape index (κ2) is 6.55. The Bertz CT molecular complexity index is 373. The molecule has 0 fully saturated rings. The minimum atomic E-state index is -0.131. The predicted molar refractivity (Wildman–Crippen MR) is 75.1 cm³/mol. The molecule has 0 aliphatic carbocycles. The van der Waals surface area contributed by atoms with Crippen molar-refractivity contribution in [1.29, 1.82) is 0 Å². The summed E-state index contributed by atoms with van der Waals surface area (Å²) < 4.78 is 0. The third-order valence-corrected chi connectivity index (χ3v) is 3.27. The van der Waals surface area contributed by atoms with Crippen LogP contribution in [0, 0.1) is 0 Å². The zero-order valence-electron chi connectivity index (χ0n) is 11.6. The molecule has 3 heteroatoms.